The van der Waals surface area contributed by atoms with Crippen molar-refractivity contribution in [2.75, 3.05) is 7.11 Å². The summed E-state index contributed by atoms with van der Waals surface area (Å²) in [4.78, 5) is 17.1. The van der Waals surface area contributed by atoms with Crippen LogP contribution in [0.2, 0.25) is 0 Å². The molecule has 2 N–H and O–H groups in total. The molecule has 7 heteroatoms. The molecule has 1 aromatic carbocycles. The van der Waals surface area contributed by atoms with E-state index in [1.807, 2.05) is 42.2 Å². The molecule has 2 atom stereocenters. The van der Waals surface area contributed by atoms with Crippen molar-refractivity contribution in [1.29, 1.82) is 0 Å². The lowest BCUT2D eigenvalue weighted by Gasteiger charge is -2.16. The molecular formula is C20H25N5O2. The van der Waals surface area contributed by atoms with E-state index in [1.165, 1.54) is 6.42 Å². The standard InChI is InChI=1S/C20H25N5O2/c1-25-18-8-7-13(9-14(18)12-21-25)10-17-19(26)24-20(23-17)22-15-5-3-4-6-16(11-15)27-2/h7-10,12,15-16H,3-6,11H2,1-2H3,(H2,22,23,24,26)/b17-10-/t15-,16+/m0/s1. The Morgan fingerprint density at radius 2 is 2.15 bits per heavy atom. The van der Waals surface area contributed by atoms with Gasteiger partial charge in [0.05, 0.1) is 23.9 Å². The number of carbonyl (C=O) groups is 1. The van der Waals surface area contributed by atoms with Gasteiger partial charge in [0.1, 0.15) is 5.70 Å². The third-order valence-electron chi connectivity index (χ3n) is 5.30. The van der Waals surface area contributed by atoms with Gasteiger partial charge in [-0.1, -0.05) is 18.9 Å². The van der Waals surface area contributed by atoms with Gasteiger partial charge in [0, 0.05) is 19.5 Å². The molecule has 142 valence electrons. The van der Waals surface area contributed by atoms with Crippen molar-refractivity contribution in [1.82, 2.24) is 20.4 Å². The summed E-state index contributed by atoms with van der Waals surface area (Å²) in [6.07, 6.45) is 9.23. The Labute approximate surface area is 158 Å². The van der Waals surface area contributed by atoms with Crippen LogP contribution in [0.3, 0.4) is 0 Å². The van der Waals surface area contributed by atoms with Gasteiger partial charge < -0.3 is 10.1 Å². The van der Waals surface area contributed by atoms with E-state index in [4.69, 9.17) is 9.73 Å². The number of amides is 1. The van der Waals surface area contributed by atoms with E-state index >= 15 is 0 Å². The summed E-state index contributed by atoms with van der Waals surface area (Å²) in [5.41, 5.74) is 2.52. The molecular weight excluding hydrogens is 342 g/mol. The summed E-state index contributed by atoms with van der Waals surface area (Å²) in [5.74, 6) is 0.382. The zero-order chi connectivity index (χ0) is 18.8. The SMILES string of the molecule is CO[C@@H]1CCCC[C@H](N=C2NC(=O)/C(=C/c3ccc4c(cnn4C)c3)N2)C1. The van der Waals surface area contributed by atoms with E-state index in [9.17, 15) is 4.79 Å². The minimum Gasteiger partial charge on any atom is -0.381 e. The molecule has 2 fully saturated rings. The fourth-order valence-electron chi connectivity index (χ4n) is 3.80. The van der Waals surface area contributed by atoms with Crippen molar-refractivity contribution in [3.05, 3.63) is 35.7 Å². The van der Waals surface area contributed by atoms with Gasteiger partial charge in [-0.2, -0.15) is 5.10 Å². The van der Waals surface area contributed by atoms with Crippen LogP contribution in [0.25, 0.3) is 17.0 Å². The number of hydrogen-bond donors (Lipinski definition) is 2. The number of guanidine groups is 1. The van der Waals surface area contributed by atoms with Gasteiger partial charge in [0.2, 0.25) is 5.96 Å². The Balaban J connectivity index is 1.51. The van der Waals surface area contributed by atoms with Crippen LogP contribution in [0, 0.1) is 0 Å². The molecule has 1 aliphatic carbocycles. The maximum atomic E-state index is 12.3. The lowest BCUT2D eigenvalue weighted by Crippen LogP contribution is -2.28. The molecule has 1 aliphatic heterocycles. The van der Waals surface area contributed by atoms with Crippen LogP contribution in [-0.4, -0.2) is 40.9 Å². The molecule has 1 saturated carbocycles. The molecule has 0 unspecified atom stereocenters. The zero-order valence-electron chi connectivity index (χ0n) is 15.7. The van der Waals surface area contributed by atoms with Crippen LogP contribution in [0.1, 0.15) is 37.7 Å². The molecule has 4 rings (SSSR count). The summed E-state index contributed by atoms with van der Waals surface area (Å²) >= 11 is 0. The van der Waals surface area contributed by atoms with Crippen LogP contribution in [-0.2, 0) is 16.6 Å². The normalized spacial score (nSPS) is 26.4. The van der Waals surface area contributed by atoms with Crippen molar-refractivity contribution in [3.8, 4) is 0 Å². The highest BCUT2D eigenvalue weighted by Crippen LogP contribution is 2.23. The molecule has 1 amide bonds. The number of nitrogens with zero attached hydrogens (tertiary/aromatic N) is 3. The summed E-state index contributed by atoms with van der Waals surface area (Å²) in [5, 5.41) is 11.3. The highest BCUT2D eigenvalue weighted by atomic mass is 16.5. The average Bonchev–Trinajstić information content (AvgIpc) is 3.09. The molecule has 0 spiro atoms. The molecule has 0 radical (unpaired) electrons. The van der Waals surface area contributed by atoms with E-state index in [0.717, 1.165) is 42.1 Å². The van der Waals surface area contributed by atoms with Gasteiger partial charge in [-0.3, -0.25) is 14.8 Å². The molecule has 2 heterocycles. The Morgan fingerprint density at radius 3 is 3.00 bits per heavy atom. The smallest absolute Gasteiger partial charge is 0.274 e. The van der Waals surface area contributed by atoms with Crippen LogP contribution in [0.15, 0.2) is 35.1 Å². The second-order valence-corrected chi connectivity index (χ2v) is 7.23. The van der Waals surface area contributed by atoms with E-state index in [0.29, 0.717) is 11.7 Å². The van der Waals surface area contributed by atoms with E-state index in [1.54, 1.807) is 7.11 Å². The number of methoxy groups -OCH3 is 1. The van der Waals surface area contributed by atoms with Gasteiger partial charge in [-0.05, 0) is 43.0 Å². The van der Waals surface area contributed by atoms with Crippen molar-refractivity contribution < 1.29 is 9.53 Å². The van der Waals surface area contributed by atoms with Crippen molar-refractivity contribution in [3.63, 3.8) is 0 Å². The van der Waals surface area contributed by atoms with Gasteiger partial charge in [-0.15, -0.1) is 0 Å². The largest absolute Gasteiger partial charge is 0.381 e. The quantitative estimate of drug-likeness (QED) is 0.645. The third-order valence-corrected chi connectivity index (χ3v) is 5.30. The van der Waals surface area contributed by atoms with Gasteiger partial charge in [0.25, 0.3) is 5.91 Å². The number of aryl methyl sites for hydroxylation is 1. The van der Waals surface area contributed by atoms with Gasteiger partial charge in [-0.25, -0.2) is 4.99 Å². The van der Waals surface area contributed by atoms with E-state index in [-0.39, 0.29) is 18.1 Å². The Morgan fingerprint density at radius 1 is 1.30 bits per heavy atom. The number of rotatable bonds is 3. The Bertz CT molecular complexity index is 914. The summed E-state index contributed by atoms with van der Waals surface area (Å²) in [6, 6.07) is 6.18. The highest BCUT2D eigenvalue weighted by molar-refractivity contribution is 6.15. The first-order valence-electron chi connectivity index (χ1n) is 9.45. The summed E-state index contributed by atoms with van der Waals surface area (Å²) in [6.45, 7) is 0. The first kappa shape index (κ1) is 17.7. The lowest BCUT2D eigenvalue weighted by atomic mass is 10.1. The van der Waals surface area contributed by atoms with E-state index < -0.39 is 0 Å². The molecule has 1 saturated heterocycles. The topological polar surface area (TPSA) is 80.5 Å². The predicted octanol–water partition coefficient (Wildman–Crippen LogP) is 2.34. The fourth-order valence-corrected chi connectivity index (χ4v) is 3.80. The molecule has 27 heavy (non-hydrogen) atoms. The zero-order valence-corrected chi connectivity index (χ0v) is 15.7. The van der Waals surface area contributed by atoms with Crippen molar-refractivity contribution in [2.45, 2.75) is 44.2 Å². The second kappa shape index (κ2) is 7.52. The monoisotopic (exact) mass is 367 g/mol. The number of carbonyl (C=O) groups excluding carboxylic acids is 1. The Kier molecular flexibility index (Phi) is 4.94. The first-order chi connectivity index (χ1) is 13.1. The number of nitrogens with one attached hydrogen (secondary N) is 2. The molecule has 2 aliphatic rings. The average molecular weight is 367 g/mol. The maximum absolute atomic E-state index is 12.3. The predicted molar refractivity (Wildman–Crippen MR) is 105 cm³/mol. The van der Waals surface area contributed by atoms with Crippen LogP contribution >= 0.6 is 0 Å². The Hall–Kier alpha value is -2.67. The highest BCUT2D eigenvalue weighted by Gasteiger charge is 2.25. The lowest BCUT2D eigenvalue weighted by molar-refractivity contribution is -0.115. The van der Waals surface area contributed by atoms with Crippen molar-refractivity contribution in [2.24, 2.45) is 12.0 Å². The number of aliphatic imine (C=N–C) groups is 1. The number of aromatic nitrogens is 2. The molecule has 7 nitrogen and oxygen atoms in total. The second-order valence-electron chi connectivity index (χ2n) is 7.23. The number of hydrogen-bond acceptors (Lipinski definition) is 4. The summed E-state index contributed by atoms with van der Waals surface area (Å²) < 4.78 is 7.36. The van der Waals surface area contributed by atoms with Gasteiger partial charge >= 0.3 is 0 Å². The van der Waals surface area contributed by atoms with Crippen LogP contribution in [0.5, 0.6) is 0 Å². The fraction of sp³-hybridized carbons (Fsp3) is 0.450. The third kappa shape index (κ3) is 3.88. The summed E-state index contributed by atoms with van der Waals surface area (Å²) in [7, 11) is 3.67. The minimum absolute atomic E-state index is 0.156. The van der Waals surface area contributed by atoms with Crippen molar-refractivity contribution >= 4 is 28.8 Å². The number of fused-ring (bicyclic) bond motifs is 1. The number of ether oxygens (including phenoxy) is 1. The number of benzene rings is 1. The van der Waals surface area contributed by atoms with Crippen LogP contribution in [0.4, 0.5) is 0 Å². The molecule has 2 aromatic rings. The maximum Gasteiger partial charge on any atom is 0.274 e. The van der Waals surface area contributed by atoms with E-state index in [2.05, 4.69) is 15.7 Å². The first-order valence-corrected chi connectivity index (χ1v) is 9.45. The minimum atomic E-state index is -0.156. The molecule has 1 aromatic heterocycles. The van der Waals surface area contributed by atoms with Crippen LogP contribution < -0.4 is 10.6 Å². The molecule has 0 bridgehead atoms. The van der Waals surface area contributed by atoms with Gasteiger partial charge in [0.15, 0.2) is 0 Å².